The monoisotopic (exact) mass is 360 g/mol. The van der Waals surface area contributed by atoms with Crippen molar-refractivity contribution in [2.75, 3.05) is 24.1 Å². The summed E-state index contributed by atoms with van der Waals surface area (Å²) in [4.78, 5) is 24.5. The Kier molecular flexibility index (Phi) is 4.77. The van der Waals surface area contributed by atoms with Crippen LogP contribution in [-0.2, 0) is 4.79 Å². The van der Waals surface area contributed by atoms with Crippen LogP contribution in [0.5, 0.6) is 5.75 Å². The summed E-state index contributed by atoms with van der Waals surface area (Å²) in [6.07, 6.45) is 0. The van der Waals surface area contributed by atoms with Crippen molar-refractivity contribution >= 4 is 45.4 Å². The lowest BCUT2D eigenvalue weighted by molar-refractivity contribution is -0.140. The van der Waals surface area contributed by atoms with E-state index in [1.165, 1.54) is 23.8 Å². The van der Waals surface area contributed by atoms with Crippen LogP contribution in [0.1, 0.15) is 0 Å². The zero-order valence-electron chi connectivity index (χ0n) is 10.6. The van der Waals surface area contributed by atoms with Gasteiger partial charge in [-0.15, -0.1) is 11.8 Å². The van der Waals surface area contributed by atoms with E-state index in [9.17, 15) is 9.59 Å². The van der Waals surface area contributed by atoms with Crippen LogP contribution in [0, 0.1) is 0 Å². The Hall–Kier alpha value is -1.41. The van der Waals surface area contributed by atoms with Crippen molar-refractivity contribution in [3.05, 3.63) is 22.7 Å². The van der Waals surface area contributed by atoms with E-state index in [0.29, 0.717) is 23.1 Å². The number of nitrogens with one attached hydrogen (secondary N) is 1. The lowest BCUT2D eigenvalue weighted by Gasteiger charge is -2.21. The van der Waals surface area contributed by atoms with Gasteiger partial charge in [0.05, 0.1) is 13.0 Å². The van der Waals surface area contributed by atoms with Gasteiger partial charge in [0.25, 0.3) is 0 Å². The Morgan fingerprint density at radius 3 is 2.90 bits per heavy atom. The topological polar surface area (TPSA) is 78.9 Å². The molecule has 1 aromatic carbocycles. The molecule has 8 heteroatoms. The number of urea groups is 1. The Morgan fingerprint density at radius 2 is 2.25 bits per heavy atom. The van der Waals surface area contributed by atoms with E-state index < -0.39 is 18.0 Å². The van der Waals surface area contributed by atoms with Crippen molar-refractivity contribution in [3.8, 4) is 5.75 Å². The molecule has 1 saturated heterocycles. The predicted molar refractivity (Wildman–Crippen MR) is 80.3 cm³/mol. The molecule has 0 saturated carbocycles. The number of aliphatic carboxylic acids is 1. The SMILES string of the molecule is COc1cc(Br)cc(NC(=O)N2CSC[C@H]2C(=O)O)c1. The van der Waals surface area contributed by atoms with Gasteiger partial charge < -0.3 is 20.1 Å². The van der Waals surface area contributed by atoms with Crippen molar-refractivity contribution in [2.45, 2.75) is 6.04 Å². The molecule has 1 aliphatic heterocycles. The fraction of sp³-hybridized carbons (Fsp3) is 0.333. The van der Waals surface area contributed by atoms with E-state index in [4.69, 9.17) is 9.84 Å². The molecule has 1 heterocycles. The van der Waals surface area contributed by atoms with E-state index in [1.54, 1.807) is 18.2 Å². The van der Waals surface area contributed by atoms with Gasteiger partial charge >= 0.3 is 12.0 Å². The van der Waals surface area contributed by atoms with Crippen LogP contribution in [0.4, 0.5) is 10.5 Å². The minimum atomic E-state index is -0.989. The zero-order chi connectivity index (χ0) is 14.7. The number of amides is 2. The van der Waals surface area contributed by atoms with E-state index in [1.807, 2.05) is 0 Å². The number of rotatable bonds is 3. The Balaban J connectivity index is 2.11. The van der Waals surface area contributed by atoms with Crippen LogP contribution < -0.4 is 10.1 Å². The fourth-order valence-corrected chi connectivity index (χ4v) is 3.41. The maximum absolute atomic E-state index is 12.1. The number of carbonyl (C=O) groups excluding carboxylic acids is 1. The standard InChI is InChI=1S/C12H13BrN2O4S/c1-19-9-3-7(13)2-8(4-9)14-12(18)15-6-20-5-10(15)11(16)17/h2-4,10H,5-6H2,1H3,(H,14,18)(H,16,17)/t10-/m0/s1. The number of carboxylic acids is 1. The molecule has 20 heavy (non-hydrogen) atoms. The van der Waals surface area contributed by atoms with Gasteiger partial charge in [0.2, 0.25) is 0 Å². The van der Waals surface area contributed by atoms with Crippen LogP contribution in [0.25, 0.3) is 0 Å². The van der Waals surface area contributed by atoms with Gasteiger partial charge in [0, 0.05) is 22.0 Å². The highest BCUT2D eigenvalue weighted by Crippen LogP contribution is 2.26. The highest BCUT2D eigenvalue weighted by molar-refractivity contribution is 9.10. The van der Waals surface area contributed by atoms with Gasteiger partial charge in [0.1, 0.15) is 11.8 Å². The summed E-state index contributed by atoms with van der Waals surface area (Å²) in [5.41, 5.74) is 0.544. The summed E-state index contributed by atoms with van der Waals surface area (Å²) >= 11 is 4.74. The molecule has 6 nitrogen and oxygen atoms in total. The molecule has 0 aliphatic carbocycles. The Bertz CT molecular complexity index is 540. The van der Waals surface area contributed by atoms with E-state index in [0.717, 1.165) is 4.47 Å². The first-order chi connectivity index (χ1) is 9.51. The average Bonchev–Trinajstić information content (AvgIpc) is 2.87. The third kappa shape index (κ3) is 3.37. The number of benzene rings is 1. The third-order valence-electron chi connectivity index (χ3n) is 2.79. The van der Waals surface area contributed by atoms with Gasteiger partial charge in [0.15, 0.2) is 0 Å². The van der Waals surface area contributed by atoms with Gasteiger partial charge in [-0.05, 0) is 12.1 Å². The molecule has 0 radical (unpaired) electrons. The van der Waals surface area contributed by atoms with Gasteiger partial charge in [-0.3, -0.25) is 0 Å². The number of halogens is 1. The second kappa shape index (κ2) is 6.36. The molecule has 108 valence electrons. The first-order valence-corrected chi connectivity index (χ1v) is 7.69. The van der Waals surface area contributed by atoms with Crippen molar-refractivity contribution in [1.29, 1.82) is 0 Å². The first kappa shape index (κ1) is 15.0. The lowest BCUT2D eigenvalue weighted by atomic mass is 10.3. The number of methoxy groups -OCH3 is 1. The van der Waals surface area contributed by atoms with Crippen molar-refractivity contribution in [3.63, 3.8) is 0 Å². The number of nitrogens with zero attached hydrogens (tertiary/aromatic N) is 1. The zero-order valence-corrected chi connectivity index (χ0v) is 13.0. The molecule has 0 unspecified atom stereocenters. The molecule has 1 atom stereocenters. The Labute approximate surface area is 128 Å². The summed E-state index contributed by atoms with van der Waals surface area (Å²) in [6, 6.07) is 3.94. The number of hydrogen-bond acceptors (Lipinski definition) is 4. The summed E-state index contributed by atoms with van der Waals surface area (Å²) in [7, 11) is 1.53. The number of anilines is 1. The molecule has 2 amide bonds. The number of carboxylic acid groups (broad SMARTS) is 1. The minimum Gasteiger partial charge on any atom is -0.497 e. The summed E-state index contributed by atoms with van der Waals surface area (Å²) in [6.45, 7) is 0. The minimum absolute atomic E-state index is 0.369. The van der Waals surface area contributed by atoms with Crippen LogP contribution in [0.2, 0.25) is 0 Å². The van der Waals surface area contributed by atoms with Crippen LogP contribution in [-0.4, -0.2) is 46.8 Å². The molecule has 2 N–H and O–H groups in total. The van der Waals surface area contributed by atoms with E-state index in [-0.39, 0.29) is 0 Å². The molecule has 1 aromatic rings. The maximum Gasteiger partial charge on any atom is 0.327 e. The smallest absolute Gasteiger partial charge is 0.327 e. The van der Waals surface area contributed by atoms with Gasteiger partial charge in [-0.25, -0.2) is 9.59 Å². The van der Waals surface area contributed by atoms with Gasteiger partial charge in [-0.1, -0.05) is 15.9 Å². The van der Waals surface area contributed by atoms with Crippen molar-refractivity contribution < 1.29 is 19.4 Å². The van der Waals surface area contributed by atoms with Crippen LogP contribution in [0.15, 0.2) is 22.7 Å². The number of ether oxygens (including phenoxy) is 1. The number of hydrogen-bond donors (Lipinski definition) is 2. The molecule has 0 bridgehead atoms. The molecular weight excluding hydrogens is 348 g/mol. The number of thioether (sulfide) groups is 1. The molecule has 2 rings (SSSR count). The third-order valence-corrected chi connectivity index (χ3v) is 4.26. The fourth-order valence-electron chi connectivity index (χ4n) is 1.80. The Morgan fingerprint density at radius 1 is 1.50 bits per heavy atom. The highest BCUT2D eigenvalue weighted by atomic mass is 79.9. The highest BCUT2D eigenvalue weighted by Gasteiger charge is 2.34. The second-order valence-electron chi connectivity index (χ2n) is 4.13. The van der Waals surface area contributed by atoms with Crippen molar-refractivity contribution in [1.82, 2.24) is 4.90 Å². The maximum atomic E-state index is 12.1. The van der Waals surface area contributed by atoms with E-state index in [2.05, 4.69) is 21.2 Å². The summed E-state index contributed by atoms with van der Waals surface area (Å²) in [5.74, 6) is 0.385. The van der Waals surface area contributed by atoms with Crippen molar-refractivity contribution in [2.24, 2.45) is 0 Å². The molecule has 0 aromatic heterocycles. The number of carbonyl (C=O) groups is 2. The second-order valence-corrected chi connectivity index (χ2v) is 6.05. The predicted octanol–water partition coefficient (Wildman–Crippen LogP) is 2.45. The van der Waals surface area contributed by atoms with Crippen LogP contribution >= 0.6 is 27.7 Å². The van der Waals surface area contributed by atoms with E-state index >= 15 is 0 Å². The molecular formula is C12H13BrN2O4S. The normalized spacial score (nSPS) is 17.9. The lowest BCUT2D eigenvalue weighted by Crippen LogP contribution is -2.43. The van der Waals surface area contributed by atoms with Gasteiger partial charge in [-0.2, -0.15) is 0 Å². The van der Waals surface area contributed by atoms with Crippen LogP contribution in [0.3, 0.4) is 0 Å². The average molecular weight is 361 g/mol. The first-order valence-electron chi connectivity index (χ1n) is 5.74. The largest absolute Gasteiger partial charge is 0.497 e. The quantitative estimate of drug-likeness (QED) is 0.865. The summed E-state index contributed by atoms with van der Waals surface area (Å²) < 4.78 is 5.87. The summed E-state index contributed by atoms with van der Waals surface area (Å²) in [5, 5.41) is 11.7. The molecule has 1 aliphatic rings. The molecule has 1 fully saturated rings. The molecule has 0 spiro atoms.